The van der Waals surface area contributed by atoms with Crippen LogP contribution in [0.1, 0.15) is 18.4 Å². The average Bonchev–Trinajstić information content (AvgIpc) is 2.98. The molecule has 16 heavy (non-hydrogen) atoms. The van der Waals surface area contributed by atoms with Gasteiger partial charge in [-0.15, -0.1) is 0 Å². The van der Waals surface area contributed by atoms with Gasteiger partial charge in [-0.2, -0.15) is 5.26 Å². The van der Waals surface area contributed by atoms with Crippen molar-refractivity contribution in [1.29, 1.82) is 5.26 Å². The minimum atomic E-state index is -1.06. The van der Waals surface area contributed by atoms with Crippen LogP contribution in [0.15, 0.2) is 12.1 Å². The molecule has 0 heterocycles. The molecule has 1 aliphatic carbocycles. The predicted octanol–water partition coefficient (Wildman–Crippen LogP) is 1.71. The van der Waals surface area contributed by atoms with Crippen molar-refractivity contribution in [2.45, 2.75) is 18.4 Å². The van der Waals surface area contributed by atoms with Crippen molar-refractivity contribution in [3.8, 4) is 11.8 Å². The summed E-state index contributed by atoms with van der Waals surface area (Å²) in [5.41, 5.74) is 5.39. The highest BCUT2D eigenvalue weighted by atomic mass is 19.2. The first-order chi connectivity index (χ1) is 7.54. The molecule has 0 amide bonds. The zero-order valence-corrected chi connectivity index (χ0v) is 8.46. The third kappa shape index (κ3) is 2.12. The van der Waals surface area contributed by atoms with Gasteiger partial charge in [0.1, 0.15) is 18.4 Å². The number of nitrogens with two attached hydrogens (primary N) is 1. The molecule has 1 aromatic carbocycles. The molecule has 0 unspecified atom stereocenters. The number of hydrogen-bond donors (Lipinski definition) is 1. The van der Waals surface area contributed by atoms with E-state index in [1.165, 1.54) is 0 Å². The zero-order chi connectivity index (χ0) is 11.8. The van der Waals surface area contributed by atoms with Crippen molar-refractivity contribution < 1.29 is 13.5 Å². The Hall–Kier alpha value is -1.67. The lowest BCUT2D eigenvalue weighted by Gasteiger charge is -2.12. The summed E-state index contributed by atoms with van der Waals surface area (Å²) in [7, 11) is 0. The third-order valence-electron chi connectivity index (χ3n) is 2.55. The molecule has 0 bridgehead atoms. The van der Waals surface area contributed by atoms with E-state index in [9.17, 15) is 8.78 Å². The van der Waals surface area contributed by atoms with Gasteiger partial charge >= 0.3 is 0 Å². The van der Waals surface area contributed by atoms with Gasteiger partial charge in [-0.25, -0.2) is 8.78 Å². The maximum Gasteiger partial charge on any atom is 0.162 e. The van der Waals surface area contributed by atoms with Gasteiger partial charge < -0.3 is 10.5 Å². The van der Waals surface area contributed by atoms with Crippen LogP contribution in [0.4, 0.5) is 8.78 Å². The Morgan fingerprint density at radius 2 is 2.00 bits per heavy atom. The average molecular weight is 224 g/mol. The van der Waals surface area contributed by atoms with Crippen LogP contribution in [-0.4, -0.2) is 12.1 Å². The Balaban J connectivity index is 2.19. The SMILES string of the molecule is N#Cc1cc(F)c(F)cc1OCC1(N)CC1. The first-order valence-electron chi connectivity index (χ1n) is 4.85. The fraction of sp³-hybridized carbons (Fsp3) is 0.364. The van der Waals surface area contributed by atoms with Gasteiger partial charge in [0.15, 0.2) is 11.6 Å². The highest BCUT2D eigenvalue weighted by molar-refractivity contribution is 5.43. The second-order valence-electron chi connectivity index (χ2n) is 4.03. The summed E-state index contributed by atoms with van der Waals surface area (Å²) in [4.78, 5) is 0. The Labute approximate surface area is 91.4 Å². The van der Waals surface area contributed by atoms with E-state index >= 15 is 0 Å². The van der Waals surface area contributed by atoms with E-state index in [2.05, 4.69) is 0 Å². The maximum absolute atomic E-state index is 12.9. The second kappa shape index (κ2) is 3.72. The van der Waals surface area contributed by atoms with Crippen LogP contribution < -0.4 is 10.5 Å². The van der Waals surface area contributed by atoms with Gasteiger partial charge in [0, 0.05) is 6.07 Å². The van der Waals surface area contributed by atoms with Gasteiger partial charge in [-0.1, -0.05) is 0 Å². The summed E-state index contributed by atoms with van der Waals surface area (Å²) < 4.78 is 31.0. The van der Waals surface area contributed by atoms with Crippen molar-refractivity contribution in [2.24, 2.45) is 5.73 Å². The van der Waals surface area contributed by atoms with Crippen LogP contribution in [0.25, 0.3) is 0 Å². The van der Waals surface area contributed by atoms with Crippen LogP contribution in [0.3, 0.4) is 0 Å². The summed E-state index contributed by atoms with van der Waals surface area (Å²) in [6.45, 7) is 0.215. The third-order valence-corrected chi connectivity index (χ3v) is 2.55. The van der Waals surface area contributed by atoms with Crippen molar-refractivity contribution in [3.05, 3.63) is 29.3 Å². The molecule has 3 nitrogen and oxygen atoms in total. The molecule has 0 saturated heterocycles. The normalized spacial score (nSPS) is 16.6. The van der Waals surface area contributed by atoms with E-state index in [0.29, 0.717) is 0 Å². The van der Waals surface area contributed by atoms with Crippen LogP contribution in [0.5, 0.6) is 5.75 Å². The smallest absolute Gasteiger partial charge is 0.162 e. The number of rotatable bonds is 3. The van der Waals surface area contributed by atoms with Crippen molar-refractivity contribution in [2.75, 3.05) is 6.61 Å². The van der Waals surface area contributed by atoms with Crippen LogP contribution >= 0.6 is 0 Å². The highest BCUT2D eigenvalue weighted by Crippen LogP contribution is 2.33. The van der Waals surface area contributed by atoms with Crippen molar-refractivity contribution >= 4 is 0 Å². The Morgan fingerprint density at radius 1 is 1.38 bits per heavy atom. The van der Waals surface area contributed by atoms with Gasteiger partial charge in [0.2, 0.25) is 0 Å². The van der Waals surface area contributed by atoms with Gasteiger partial charge in [-0.05, 0) is 18.9 Å². The van der Waals surface area contributed by atoms with E-state index in [1.807, 2.05) is 0 Å². The van der Waals surface area contributed by atoms with E-state index in [0.717, 1.165) is 25.0 Å². The number of ether oxygens (including phenoxy) is 1. The fourth-order valence-corrected chi connectivity index (χ4v) is 1.26. The van der Waals surface area contributed by atoms with Gasteiger partial charge in [-0.3, -0.25) is 0 Å². The fourth-order valence-electron chi connectivity index (χ4n) is 1.26. The predicted molar refractivity (Wildman–Crippen MR) is 52.7 cm³/mol. The number of benzene rings is 1. The molecule has 2 rings (SSSR count). The lowest BCUT2D eigenvalue weighted by molar-refractivity contribution is 0.276. The van der Waals surface area contributed by atoms with Gasteiger partial charge in [0.05, 0.1) is 11.1 Å². The zero-order valence-electron chi connectivity index (χ0n) is 8.46. The molecular formula is C11H10F2N2O. The Morgan fingerprint density at radius 3 is 2.56 bits per heavy atom. The molecule has 1 fully saturated rings. The van der Waals surface area contributed by atoms with Crippen molar-refractivity contribution in [3.63, 3.8) is 0 Å². The molecular weight excluding hydrogens is 214 g/mol. The monoisotopic (exact) mass is 224 g/mol. The standard InChI is InChI=1S/C11H10F2N2O/c12-8-3-7(5-14)10(4-9(8)13)16-6-11(15)1-2-11/h3-4H,1-2,6,15H2. The first kappa shape index (κ1) is 10.8. The maximum atomic E-state index is 12.9. The molecule has 0 spiro atoms. The molecule has 0 radical (unpaired) electrons. The summed E-state index contributed by atoms with van der Waals surface area (Å²) in [5, 5.41) is 8.73. The quantitative estimate of drug-likeness (QED) is 0.850. The molecule has 1 aromatic rings. The molecule has 0 aromatic heterocycles. The summed E-state index contributed by atoms with van der Waals surface area (Å²) >= 11 is 0. The molecule has 1 saturated carbocycles. The minimum absolute atomic E-state index is 0.0249. The van der Waals surface area contributed by atoms with E-state index in [-0.39, 0.29) is 23.5 Å². The first-order valence-corrected chi connectivity index (χ1v) is 4.85. The Kier molecular flexibility index (Phi) is 2.52. The Bertz CT molecular complexity index is 464. The number of nitriles is 1. The van der Waals surface area contributed by atoms with Gasteiger partial charge in [0.25, 0.3) is 0 Å². The lowest BCUT2D eigenvalue weighted by Crippen LogP contribution is -2.30. The number of hydrogen-bond acceptors (Lipinski definition) is 3. The van der Waals surface area contributed by atoms with E-state index < -0.39 is 11.6 Å². The van der Waals surface area contributed by atoms with E-state index in [4.69, 9.17) is 15.7 Å². The number of nitrogens with zero attached hydrogens (tertiary/aromatic N) is 1. The minimum Gasteiger partial charge on any atom is -0.490 e. The topological polar surface area (TPSA) is 59.0 Å². The molecule has 2 N–H and O–H groups in total. The second-order valence-corrected chi connectivity index (χ2v) is 4.03. The molecule has 84 valence electrons. The van der Waals surface area contributed by atoms with Crippen LogP contribution in [-0.2, 0) is 0 Å². The molecule has 0 atom stereocenters. The highest BCUT2D eigenvalue weighted by Gasteiger charge is 2.39. The summed E-state index contributed by atoms with van der Waals surface area (Å²) in [6.07, 6.45) is 1.69. The molecule has 1 aliphatic rings. The lowest BCUT2D eigenvalue weighted by atomic mass is 10.2. The number of halogens is 2. The summed E-state index contributed by atoms with van der Waals surface area (Å²) in [5.74, 6) is -2.05. The van der Waals surface area contributed by atoms with E-state index in [1.54, 1.807) is 6.07 Å². The van der Waals surface area contributed by atoms with Crippen molar-refractivity contribution in [1.82, 2.24) is 0 Å². The summed E-state index contributed by atoms with van der Waals surface area (Å²) in [6, 6.07) is 3.44. The van der Waals surface area contributed by atoms with Crippen LogP contribution in [0, 0.1) is 23.0 Å². The van der Waals surface area contributed by atoms with Crippen LogP contribution in [0.2, 0.25) is 0 Å². The molecule has 5 heteroatoms. The molecule has 0 aliphatic heterocycles. The largest absolute Gasteiger partial charge is 0.490 e.